The molecule has 0 unspecified atom stereocenters. The van der Waals surface area contributed by atoms with Gasteiger partial charge in [-0.25, -0.2) is 0 Å². The SMILES string of the molecule is Cn1nc(-c2ccc3sccc3c2O)cc1N. The van der Waals surface area contributed by atoms with Gasteiger partial charge in [0, 0.05) is 28.8 Å². The van der Waals surface area contributed by atoms with Crippen molar-refractivity contribution in [1.29, 1.82) is 0 Å². The highest BCUT2D eigenvalue weighted by Crippen LogP contribution is 2.37. The van der Waals surface area contributed by atoms with Gasteiger partial charge in [0.15, 0.2) is 0 Å². The number of phenolic OH excluding ortho intramolecular Hbond substituents is 1. The number of hydrogen-bond acceptors (Lipinski definition) is 4. The number of thiophene rings is 1. The lowest BCUT2D eigenvalue weighted by atomic mass is 10.1. The van der Waals surface area contributed by atoms with Gasteiger partial charge in [0.1, 0.15) is 11.6 Å². The zero-order valence-corrected chi connectivity index (χ0v) is 10.0. The average molecular weight is 245 g/mol. The van der Waals surface area contributed by atoms with E-state index < -0.39 is 0 Å². The summed E-state index contributed by atoms with van der Waals surface area (Å²) >= 11 is 1.60. The molecule has 4 nitrogen and oxygen atoms in total. The number of aromatic hydroxyl groups is 1. The van der Waals surface area contributed by atoms with Gasteiger partial charge in [-0.2, -0.15) is 5.10 Å². The molecule has 17 heavy (non-hydrogen) atoms. The molecule has 0 radical (unpaired) electrons. The largest absolute Gasteiger partial charge is 0.507 e. The van der Waals surface area contributed by atoms with E-state index in [4.69, 9.17) is 5.73 Å². The molecule has 3 N–H and O–H groups in total. The van der Waals surface area contributed by atoms with Gasteiger partial charge in [0.25, 0.3) is 0 Å². The summed E-state index contributed by atoms with van der Waals surface area (Å²) in [6.07, 6.45) is 0. The molecule has 0 amide bonds. The summed E-state index contributed by atoms with van der Waals surface area (Å²) in [4.78, 5) is 0. The van der Waals surface area contributed by atoms with Crippen LogP contribution in [0, 0.1) is 0 Å². The maximum atomic E-state index is 10.2. The van der Waals surface area contributed by atoms with Gasteiger partial charge in [-0.1, -0.05) is 0 Å². The summed E-state index contributed by atoms with van der Waals surface area (Å²) in [5, 5.41) is 17.3. The van der Waals surface area contributed by atoms with E-state index in [1.165, 1.54) is 0 Å². The molecule has 2 heterocycles. The first-order valence-electron chi connectivity index (χ1n) is 5.16. The van der Waals surface area contributed by atoms with Crippen molar-refractivity contribution in [2.24, 2.45) is 7.05 Å². The molecule has 0 fully saturated rings. The van der Waals surface area contributed by atoms with E-state index >= 15 is 0 Å². The molecule has 2 aromatic heterocycles. The van der Waals surface area contributed by atoms with Crippen LogP contribution in [-0.2, 0) is 7.05 Å². The van der Waals surface area contributed by atoms with Gasteiger partial charge in [-0.15, -0.1) is 11.3 Å². The molecule has 0 aliphatic carbocycles. The number of phenols is 1. The van der Waals surface area contributed by atoms with Crippen LogP contribution in [0.15, 0.2) is 29.6 Å². The van der Waals surface area contributed by atoms with E-state index in [2.05, 4.69) is 5.10 Å². The molecule has 0 saturated heterocycles. The standard InChI is InChI=1S/C12H11N3OS/c1-15-11(13)6-9(14-15)7-2-3-10-8(12(7)16)4-5-17-10/h2-6,16H,13H2,1H3. The third-order valence-electron chi connectivity index (χ3n) is 2.80. The fourth-order valence-corrected chi connectivity index (χ4v) is 2.64. The van der Waals surface area contributed by atoms with E-state index in [-0.39, 0.29) is 5.75 Å². The number of nitrogens with two attached hydrogens (primary N) is 1. The molecule has 0 saturated carbocycles. The Hall–Kier alpha value is -2.01. The molecule has 1 aromatic carbocycles. The highest BCUT2D eigenvalue weighted by molar-refractivity contribution is 7.17. The number of aromatic nitrogens is 2. The molecule has 86 valence electrons. The summed E-state index contributed by atoms with van der Waals surface area (Å²) in [5.41, 5.74) is 7.14. The Balaban J connectivity index is 2.26. The Morgan fingerprint density at radius 2 is 2.18 bits per heavy atom. The Morgan fingerprint density at radius 1 is 1.35 bits per heavy atom. The number of nitrogen functional groups attached to an aromatic ring is 1. The molecule has 3 rings (SSSR count). The summed E-state index contributed by atoms with van der Waals surface area (Å²) in [6, 6.07) is 7.52. The van der Waals surface area contributed by atoms with Crippen molar-refractivity contribution in [2.75, 3.05) is 5.73 Å². The maximum Gasteiger partial charge on any atom is 0.133 e. The number of fused-ring (bicyclic) bond motifs is 1. The van der Waals surface area contributed by atoms with Gasteiger partial charge in [0.2, 0.25) is 0 Å². The number of nitrogens with zero attached hydrogens (tertiary/aromatic N) is 2. The Labute approximate surface area is 102 Å². The van der Waals surface area contributed by atoms with Crippen LogP contribution >= 0.6 is 11.3 Å². The van der Waals surface area contributed by atoms with Crippen molar-refractivity contribution in [3.63, 3.8) is 0 Å². The lowest BCUT2D eigenvalue weighted by Crippen LogP contribution is -1.96. The molecular formula is C12H11N3OS. The molecule has 3 aromatic rings. The quantitative estimate of drug-likeness (QED) is 0.692. The van der Waals surface area contributed by atoms with Crippen molar-refractivity contribution < 1.29 is 5.11 Å². The van der Waals surface area contributed by atoms with E-state index in [0.29, 0.717) is 17.1 Å². The molecular weight excluding hydrogens is 234 g/mol. The second-order valence-corrected chi connectivity index (χ2v) is 4.82. The second kappa shape index (κ2) is 3.49. The summed E-state index contributed by atoms with van der Waals surface area (Å²) in [6.45, 7) is 0. The van der Waals surface area contributed by atoms with E-state index in [0.717, 1.165) is 10.1 Å². The molecule has 5 heteroatoms. The number of rotatable bonds is 1. The Kier molecular flexibility index (Phi) is 2.09. The van der Waals surface area contributed by atoms with Crippen molar-refractivity contribution >= 4 is 27.2 Å². The number of aryl methyl sites for hydroxylation is 1. The van der Waals surface area contributed by atoms with E-state index in [1.807, 2.05) is 23.6 Å². The monoisotopic (exact) mass is 245 g/mol. The van der Waals surface area contributed by atoms with Crippen LogP contribution in [0.4, 0.5) is 5.82 Å². The van der Waals surface area contributed by atoms with E-state index in [1.54, 1.807) is 29.1 Å². The Morgan fingerprint density at radius 3 is 2.88 bits per heavy atom. The van der Waals surface area contributed by atoms with Gasteiger partial charge in [-0.05, 0) is 23.6 Å². The van der Waals surface area contributed by atoms with Gasteiger partial charge in [-0.3, -0.25) is 4.68 Å². The molecule has 0 atom stereocenters. The third-order valence-corrected chi connectivity index (χ3v) is 3.68. The summed E-state index contributed by atoms with van der Waals surface area (Å²) in [7, 11) is 1.78. The van der Waals surface area contributed by atoms with Crippen molar-refractivity contribution in [3.05, 3.63) is 29.6 Å². The zero-order chi connectivity index (χ0) is 12.0. The van der Waals surface area contributed by atoms with Crippen LogP contribution in [-0.4, -0.2) is 14.9 Å². The maximum absolute atomic E-state index is 10.2. The first-order valence-corrected chi connectivity index (χ1v) is 6.04. The minimum Gasteiger partial charge on any atom is -0.507 e. The topological polar surface area (TPSA) is 64.1 Å². The van der Waals surface area contributed by atoms with Gasteiger partial charge >= 0.3 is 0 Å². The zero-order valence-electron chi connectivity index (χ0n) is 9.21. The minimum atomic E-state index is 0.266. The smallest absolute Gasteiger partial charge is 0.133 e. The summed E-state index contributed by atoms with van der Waals surface area (Å²) in [5.74, 6) is 0.840. The molecule has 0 spiro atoms. The number of anilines is 1. The minimum absolute atomic E-state index is 0.266. The first kappa shape index (κ1) is 10.2. The van der Waals surface area contributed by atoms with Crippen LogP contribution in [0.25, 0.3) is 21.3 Å². The fourth-order valence-electron chi connectivity index (χ4n) is 1.85. The highest BCUT2D eigenvalue weighted by Gasteiger charge is 2.12. The average Bonchev–Trinajstić information content (AvgIpc) is 2.88. The Bertz CT molecular complexity index is 679. The van der Waals surface area contributed by atoms with Crippen LogP contribution < -0.4 is 5.73 Å². The van der Waals surface area contributed by atoms with Gasteiger partial charge in [0.05, 0.1) is 5.69 Å². The lowest BCUT2D eigenvalue weighted by molar-refractivity contribution is 0.483. The normalized spacial score (nSPS) is 11.1. The van der Waals surface area contributed by atoms with E-state index in [9.17, 15) is 5.11 Å². The van der Waals surface area contributed by atoms with Crippen LogP contribution in [0.2, 0.25) is 0 Å². The van der Waals surface area contributed by atoms with Gasteiger partial charge < -0.3 is 10.8 Å². The first-order chi connectivity index (χ1) is 8.16. The predicted molar refractivity (Wildman–Crippen MR) is 70.1 cm³/mol. The predicted octanol–water partition coefficient (Wildman–Crippen LogP) is 2.59. The van der Waals surface area contributed by atoms with Crippen molar-refractivity contribution in [1.82, 2.24) is 9.78 Å². The second-order valence-electron chi connectivity index (χ2n) is 3.87. The lowest BCUT2D eigenvalue weighted by Gasteiger charge is -2.02. The summed E-state index contributed by atoms with van der Waals surface area (Å²) < 4.78 is 2.65. The van der Waals surface area contributed by atoms with Crippen molar-refractivity contribution in [3.8, 4) is 17.0 Å². The van der Waals surface area contributed by atoms with Crippen molar-refractivity contribution in [2.45, 2.75) is 0 Å². The van der Waals surface area contributed by atoms with Crippen LogP contribution in [0.1, 0.15) is 0 Å². The highest BCUT2D eigenvalue weighted by atomic mass is 32.1. The molecule has 0 aliphatic heterocycles. The fraction of sp³-hybridized carbons (Fsp3) is 0.0833. The molecule has 0 aliphatic rings. The third kappa shape index (κ3) is 1.47. The number of hydrogen-bond donors (Lipinski definition) is 2. The van der Waals surface area contributed by atoms with Crippen LogP contribution in [0.3, 0.4) is 0 Å². The van der Waals surface area contributed by atoms with Crippen LogP contribution in [0.5, 0.6) is 5.75 Å². The molecule has 0 bridgehead atoms. The number of benzene rings is 1.